The Balaban J connectivity index is 4.08. The predicted molar refractivity (Wildman–Crippen MR) is 67.6 cm³/mol. The summed E-state index contributed by atoms with van der Waals surface area (Å²) in [5.74, 6) is 0.209. The second-order valence-electron chi connectivity index (χ2n) is 6.32. The number of ketones is 1. The van der Waals surface area contributed by atoms with Crippen molar-refractivity contribution in [3.8, 4) is 0 Å². The van der Waals surface area contributed by atoms with E-state index in [9.17, 15) is 9.59 Å². The lowest BCUT2D eigenvalue weighted by molar-refractivity contribution is -0.128. The molecular weight excluding hydrogens is 218 g/mol. The summed E-state index contributed by atoms with van der Waals surface area (Å²) in [5, 5.41) is 0. The van der Waals surface area contributed by atoms with Gasteiger partial charge in [0.15, 0.2) is 0 Å². The van der Waals surface area contributed by atoms with Crippen LogP contribution in [-0.4, -0.2) is 18.5 Å². The van der Waals surface area contributed by atoms with Gasteiger partial charge in [-0.15, -0.1) is 0 Å². The summed E-state index contributed by atoms with van der Waals surface area (Å²) in [5.41, 5.74) is 4.63. The summed E-state index contributed by atoms with van der Waals surface area (Å²) < 4.78 is 4.59. The van der Waals surface area contributed by atoms with E-state index in [0.29, 0.717) is 12.8 Å². The van der Waals surface area contributed by atoms with Gasteiger partial charge in [-0.05, 0) is 18.3 Å². The van der Waals surface area contributed by atoms with Crippen LogP contribution in [-0.2, 0) is 9.53 Å². The van der Waals surface area contributed by atoms with Crippen molar-refractivity contribution in [2.75, 3.05) is 6.61 Å². The van der Waals surface area contributed by atoms with Gasteiger partial charge >= 0.3 is 6.09 Å². The molecule has 0 atom stereocenters. The van der Waals surface area contributed by atoms with E-state index in [1.807, 2.05) is 13.8 Å². The number of hydrogen-bond donors (Lipinski definition) is 1. The maximum absolute atomic E-state index is 12.0. The first-order valence-electron chi connectivity index (χ1n) is 6.00. The molecule has 2 N–H and O–H groups in total. The summed E-state index contributed by atoms with van der Waals surface area (Å²) in [7, 11) is 0. The second kappa shape index (κ2) is 6.03. The summed E-state index contributed by atoms with van der Waals surface area (Å²) >= 11 is 0. The topological polar surface area (TPSA) is 69.4 Å². The van der Waals surface area contributed by atoms with Crippen molar-refractivity contribution in [1.29, 1.82) is 0 Å². The van der Waals surface area contributed by atoms with Crippen molar-refractivity contribution in [2.45, 2.75) is 53.9 Å². The number of rotatable bonds is 6. The average molecular weight is 243 g/mol. The van der Waals surface area contributed by atoms with Gasteiger partial charge in [0.05, 0.1) is 6.61 Å². The van der Waals surface area contributed by atoms with Crippen molar-refractivity contribution >= 4 is 11.9 Å². The molecule has 4 nitrogen and oxygen atoms in total. The van der Waals surface area contributed by atoms with Gasteiger partial charge in [-0.25, -0.2) is 4.79 Å². The lowest BCUT2D eigenvalue weighted by Gasteiger charge is -2.31. The van der Waals surface area contributed by atoms with Gasteiger partial charge in [0.25, 0.3) is 0 Å². The number of primary amides is 1. The van der Waals surface area contributed by atoms with Crippen LogP contribution in [0.15, 0.2) is 0 Å². The molecular formula is C13H25NO3. The third kappa shape index (κ3) is 7.77. The van der Waals surface area contributed by atoms with Crippen molar-refractivity contribution in [3.05, 3.63) is 0 Å². The van der Waals surface area contributed by atoms with Crippen molar-refractivity contribution in [2.24, 2.45) is 16.6 Å². The van der Waals surface area contributed by atoms with Gasteiger partial charge in [-0.1, -0.05) is 34.6 Å². The van der Waals surface area contributed by atoms with E-state index >= 15 is 0 Å². The Morgan fingerprint density at radius 3 is 2.06 bits per heavy atom. The molecule has 0 aromatic heterocycles. The van der Waals surface area contributed by atoms with E-state index < -0.39 is 6.09 Å². The fourth-order valence-corrected chi connectivity index (χ4v) is 2.17. The molecule has 1 amide bonds. The van der Waals surface area contributed by atoms with Gasteiger partial charge in [0.1, 0.15) is 5.78 Å². The molecule has 100 valence electrons. The largest absolute Gasteiger partial charge is 0.450 e. The van der Waals surface area contributed by atoms with Crippen molar-refractivity contribution in [3.63, 3.8) is 0 Å². The molecule has 0 spiro atoms. The maximum Gasteiger partial charge on any atom is 0.404 e. The SMILES string of the molecule is CC(C)(C)CC(C)(C)C(=O)CCCOC(N)=O. The molecule has 0 aliphatic carbocycles. The number of hydrogen-bond acceptors (Lipinski definition) is 3. The molecule has 0 aromatic carbocycles. The normalized spacial score (nSPS) is 12.3. The minimum atomic E-state index is -0.786. The number of Topliss-reactive ketones (excluding diaryl/α,β-unsaturated/α-hetero) is 1. The Hall–Kier alpha value is -1.06. The standard InChI is InChI=1S/C13H25NO3/c1-12(2,3)9-13(4,5)10(15)7-6-8-17-11(14)16/h6-9H2,1-5H3,(H2,14,16). The predicted octanol–water partition coefficient (Wildman–Crippen LogP) is 2.89. The van der Waals surface area contributed by atoms with E-state index in [1.54, 1.807) is 0 Å². The fraction of sp³-hybridized carbons (Fsp3) is 0.846. The number of carbonyl (C=O) groups is 2. The molecule has 0 radical (unpaired) electrons. The Bertz CT molecular complexity index is 277. The van der Waals surface area contributed by atoms with Crippen molar-refractivity contribution < 1.29 is 14.3 Å². The first kappa shape index (κ1) is 15.9. The summed E-state index contributed by atoms with van der Waals surface area (Å²) in [6.45, 7) is 10.5. The lowest BCUT2D eigenvalue weighted by atomic mass is 9.73. The van der Waals surface area contributed by atoms with Crippen LogP contribution in [0.1, 0.15) is 53.9 Å². The van der Waals surface area contributed by atoms with Crippen LogP contribution >= 0.6 is 0 Å². The van der Waals surface area contributed by atoms with E-state index in [4.69, 9.17) is 5.73 Å². The minimum Gasteiger partial charge on any atom is -0.450 e. The zero-order valence-corrected chi connectivity index (χ0v) is 11.6. The Morgan fingerprint density at radius 2 is 1.65 bits per heavy atom. The van der Waals surface area contributed by atoms with Crippen LogP contribution < -0.4 is 5.73 Å². The van der Waals surface area contributed by atoms with E-state index in [2.05, 4.69) is 25.5 Å². The molecule has 0 fully saturated rings. The molecule has 0 aromatic rings. The molecule has 0 rings (SSSR count). The number of carbonyl (C=O) groups excluding carboxylic acids is 2. The minimum absolute atomic E-state index is 0.128. The highest BCUT2D eigenvalue weighted by molar-refractivity contribution is 5.84. The monoisotopic (exact) mass is 243 g/mol. The van der Waals surface area contributed by atoms with E-state index in [0.717, 1.165) is 6.42 Å². The highest BCUT2D eigenvalue weighted by Crippen LogP contribution is 2.34. The molecule has 0 bridgehead atoms. The molecule has 4 heteroatoms. The first-order valence-corrected chi connectivity index (χ1v) is 6.00. The van der Waals surface area contributed by atoms with Gasteiger partial charge in [0, 0.05) is 11.8 Å². The molecule has 0 unspecified atom stereocenters. The van der Waals surface area contributed by atoms with Crippen LogP contribution in [0.3, 0.4) is 0 Å². The smallest absolute Gasteiger partial charge is 0.404 e. The molecule has 0 saturated heterocycles. The Labute approximate surface area is 104 Å². The number of nitrogens with two attached hydrogens (primary N) is 1. The van der Waals surface area contributed by atoms with Crippen molar-refractivity contribution in [1.82, 2.24) is 0 Å². The average Bonchev–Trinajstić information content (AvgIpc) is 2.07. The van der Waals surface area contributed by atoms with Gasteiger partial charge in [-0.2, -0.15) is 0 Å². The van der Waals surface area contributed by atoms with Gasteiger partial charge in [0.2, 0.25) is 0 Å². The van der Waals surface area contributed by atoms with E-state index in [1.165, 1.54) is 0 Å². The summed E-state index contributed by atoms with van der Waals surface area (Å²) in [4.78, 5) is 22.4. The molecule has 0 heterocycles. The highest BCUT2D eigenvalue weighted by Gasteiger charge is 2.31. The molecule has 0 saturated carbocycles. The highest BCUT2D eigenvalue weighted by atomic mass is 16.5. The number of ether oxygens (including phenoxy) is 1. The quantitative estimate of drug-likeness (QED) is 0.729. The van der Waals surface area contributed by atoms with Crippen LogP contribution in [0.2, 0.25) is 0 Å². The van der Waals surface area contributed by atoms with Gasteiger partial charge < -0.3 is 10.5 Å². The number of amides is 1. The summed E-state index contributed by atoms with van der Waals surface area (Å²) in [6, 6.07) is 0. The zero-order chi connectivity index (χ0) is 13.7. The van der Waals surface area contributed by atoms with Crippen LogP contribution in [0.25, 0.3) is 0 Å². The summed E-state index contributed by atoms with van der Waals surface area (Å²) in [6.07, 6.45) is 1.02. The molecule has 0 aliphatic rings. The molecule has 17 heavy (non-hydrogen) atoms. The lowest BCUT2D eigenvalue weighted by Crippen LogP contribution is -2.29. The third-order valence-corrected chi connectivity index (χ3v) is 2.52. The second-order valence-corrected chi connectivity index (χ2v) is 6.32. The third-order valence-electron chi connectivity index (χ3n) is 2.52. The molecule has 0 aliphatic heterocycles. The maximum atomic E-state index is 12.0. The van der Waals surface area contributed by atoms with Gasteiger partial charge in [-0.3, -0.25) is 4.79 Å². The fourth-order valence-electron chi connectivity index (χ4n) is 2.17. The van der Waals surface area contributed by atoms with Crippen LogP contribution in [0.5, 0.6) is 0 Å². The first-order chi connectivity index (χ1) is 7.54. The van der Waals surface area contributed by atoms with Crippen LogP contribution in [0.4, 0.5) is 4.79 Å². The Kier molecular flexibility index (Phi) is 5.66. The Morgan fingerprint density at radius 1 is 1.12 bits per heavy atom. The zero-order valence-electron chi connectivity index (χ0n) is 11.6. The van der Waals surface area contributed by atoms with E-state index in [-0.39, 0.29) is 23.2 Å². The van der Waals surface area contributed by atoms with Crippen LogP contribution in [0, 0.1) is 10.8 Å².